The summed E-state index contributed by atoms with van der Waals surface area (Å²) in [5.74, 6) is 1.10. The average Bonchev–Trinajstić information content (AvgIpc) is 2.06. The molecule has 0 fully saturated rings. The van der Waals surface area contributed by atoms with Crippen molar-refractivity contribution in [3.8, 4) is 0 Å². The number of nitrogens with two attached hydrogens (primary N) is 1. The first-order valence-electron chi connectivity index (χ1n) is 4.35. The van der Waals surface area contributed by atoms with Gasteiger partial charge >= 0.3 is 0 Å². The second-order valence-corrected chi connectivity index (χ2v) is 2.98. The van der Waals surface area contributed by atoms with Crippen LogP contribution in [0.2, 0.25) is 0 Å². The van der Waals surface area contributed by atoms with Crippen LogP contribution >= 0.6 is 0 Å². The van der Waals surface area contributed by atoms with Crippen molar-refractivity contribution >= 4 is 5.84 Å². The molecular formula is C8H17N3. The third-order valence-electron chi connectivity index (χ3n) is 1.95. The van der Waals surface area contributed by atoms with Crippen LogP contribution in [0.4, 0.5) is 0 Å². The Kier molecular flexibility index (Phi) is 3.36. The predicted molar refractivity (Wildman–Crippen MR) is 47.8 cm³/mol. The first-order valence-corrected chi connectivity index (χ1v) is 4.35. The third kappa shape index (κ3) is 2.89. The molecular weight excluding hydrogens is 138 g/mol. The molecule has 0 amide bonds. The second-order valence-electron chi connectivity index (χ2n) is 2.98. The molecule has 3 nitrogen and oxygen atoms in total. The molecule has 1 aliphatic rings. The van der Waals surface area contributed by atoms with Crippen LogP contribution in [0.25, 0.3) is 0 Å². The molecule has 1 rings (SSSR count). The van der Waals surface area contributed by atoms with Crippen LogP contribution in [-0.2, 0) is 0 Å². The van der Waals surface area contributed by atoms with Crippen LogP contribution in [0.1, 0.15) is 26.2 Å². The minimum atomic E-state index is 0.277. The van der Waals surface area contributed by atoms with Gasteiger partial charge in [0.1, 0.15) is 0 Å². The van der Waals surface area contributed by atoms with Crippen molar-refractivity contribution in [3.63, 3.8) is 0 Å². The summed E-state index contributed by atoms with van der Waals surface area (Å²) in [7, 11) is 0. The van der Waals surface area contributed by atoms with Crippen molar-refractivity contribution in [2.75, 3.05) is 13.1 Å². The molecule has 0 spiro atoms. The highest BCUT2D eigenvalue weighted by Gasteiger charge is 2.07. The molecule has 0 aromatic rings. The molecule has 0 aromatic heterocycles. The lowest BCUT2D eigenvalue weighted by molar-refractivity contribution is 0.642. The van der Waals surface area contributed by atoms with Gasteiger partial charge in [0.05, 0.1) is 5.84 Å². The Balaban J connectivity index is 2.29. The fraction of sp³-hybridized carbons (Fsp3) is 0.875. The summed E-state index contributed by atoms with van der Waals surface area (Å²) in [4.78, 5) is 4.34. The number of hydrogen-bond donors (Lipinski definition) is 2. The summed E-state index contributed by atoms with van der Waals surface area (Å²) < 4.78 is 0. The van der Waals surface area contributed by atoms with Crippen LogP contribution in [0.3, 0.4) is 0 Å². The topological polar surface area (TPSA) is 50.4 Å². The van der Waals surface area contributed by atoms with E-state index in [1.54, 1.807) is 0 Å². The van der Waals surface area contributed by atoms with E-state index in [0.29, 0.717) is 0 Å². The standard InChI is InChI=1S/C8H17N3/c1-2-7(9)6-8-10-4-3-5-11-8/h7H,2-6,9H2,1H3,(H,10,11). The molecule has 3 heteroatoms. The van der Waals surface area contributed by atoms with E-state index in [4.69, 9.17) is 5.73 Å². The Bertz CT molecular complexity index is 142. The molecule has 1 heterocycles. The fourth-order valence-corrected chi connectivity index (χ4v) is 1.11. The van der Waals surface area contributed by atoms with Gasteiger partial charge in [0.2, 0.25) is 0 Å². The maximum absolute atomic E-state index is 5.78. The van der Waals surface area contributed by atoms with E-state index in [1.165, 1.54) is 0 Å². The maximum atomic E-state index is 5.78. The van der Waals surface area contributed by atoms with E-state index in [2.05, 4.69) is 17.2 Å². The van der Waals surface area contributed by atoms with E-state index in [9.17, 15) is 0 Å². The van der Waals surface area contributed by atoms with E-state index in [0.717, 1.165) is 38.2 Å². The van der Waals surface area contributed by atoms with Gasteiger partial charge in [-0.1, -0.05) is 6.92 Å². The van der Waals surface area contributed by atoms with Gasteiger partial charge in [-0.2, -0.15) is 0 Å². The predicted octanol–water partition coefficient (Wildman–Crippen LogP) is 0.506. The third-order valence-corrected chi connectivity index (χ3v) is 1.95. The molecule has 0 radical (unpaired) electrons. The highest BCUT2D eigenvalue weighted by Crippen LogP contribution is 1.98. The molecule has 1 atom stereocenters. The lowest BCUT2D eigenvalue weighted by atomic mass is 10.1. The van der Waals surface area contributed by atoms with E-state index >= 15 is 0 Å². The quantitative estimate of drug-likeness (QED) is 0.623. The van der Waals surface area contributed by atoms with Crippen LogP contribution in [0.15, 0.2) is 4.99 Å². The van der Waals surface area contributed by atoms with Crippen molar-refractivity contribution in [1.29, 1.82) is 0 Å². The highest BCUT2D eigenvalue weighted by molar-refractivity contribution is 5.83. The molecule has 0 bridgehead atoms. The summed E-state index contributed by atoms with van der Waals surface area (Å²) in [5, 5.41) is 3.25. The largest absolute Gasteiger partial charge is 0.374 e. The zero-order valence-electron chi connectivity index (χ0n) is 7.14. The monoisotopic (exact) mass is 155 g/mol. The van der Waals surface area contributed by atoms with Crippen molar-refractivity contribution < 1.29 is 0 Å². The van der Waals surface area contributed by atoms with E-state index < -0.39 is 0 Å². The van der Waals surface area contributed by atoms with Crippen molar-refractivity contribution in [2.45, 2.75) is 32.2 Å². The Morgan fingerprint density at radius 2 is 2.55 bits per heavy atom. The molecule has 0 aliphatic carbocycles. The number of hydrogen-bond acceptors (Lipinski definition) is 3. The molecule has 0 saturated heterocycles. The summed E-state index contributed by atoms with van der Waals surface area (Å²) in [6.45, 7) is 4.14. The minimum Gasteiger partial charge on any atom is -0.374 e. The van der Waals surface area contributed by atoms with Crippen LogP contribution < -0.4 is 11.1 Å². The normalized spacial score (nSPS) is 20.4. The van der Waals surface area contributed by atoms with Gasteiger partial charge in [0.15, 0.2) is 0 Å². The molecule has 0 saturated carbocycles. The van der Waals surface area contributed by atoms with Gasteiger partial charge in [0.25, 0.3) is 0 Å². The lowest BCUT2D eigenvalue weighted by Gasteiger charge is -2.16. The van der Waals surface area contributed by atoms with Gasteiger partial charge in [0, 0.05) is 25.6 Å². The van der Waals surface area contributed by atoms with Crippen LogP contribution in [0.5, 0.6) is 0 Å². The summed E-state index contributed by atoms with van der Waals surface area (Å²) in [6, 6.07) is 0.277. The van der Waals surface area contributed by atoms with E-state index in [-0.39, 0.29) is 6.04 Å². The Morgan fingerprint density at radius 3 is 3.09 bits per heavy atom. The first-order chi connectivity index (χ1) is 5.33. The molecule has 0 aromatic carbocycles. The zero-order chi connectivity index (χ0) is 8.10. The Hall–Kier alpha value is -0.570. The second kappa shape index (κ2) is 4.34. The number of rotatable bonds is 3. The van der Waals surface area contributed by atoms with Gasteiger partial charge in [-0.15, -0.1) is 0 Å². The van der Waals surface area contributed by atoms with E-state index in [1.807, 2.05) is 0 Å². The maximum Gasteiger partial charge on any atom is 0.0978 e. The molecule has 1 unspecified atom stereocenters. The zero-order valence-corrected chi connectivity index (χ0v) is 7.14. The van der Waals surface area contributed by atoms with Gasteiger partial charge in [-0.3, -0.25) is 4.99 Å². The van der Waals surface area contributed by atoms with Crippen molar-refractivity contribution in [3.05, 3.63) is 0 Å². The average molecular weight is 155 g/mol. The molecule has 11 heavy (non-hydrogen) atoms. The van der Waals surface area contributed by atoms with Gasteiger partial charge in [-0.05, 0) is 12.8 Å². The fourth-order valence-electron chi connectivity index (χ4n) is 1.11. The van der Waals surface area contributed by atoms with Gasteiger partial charge in [-0.25, -0.2) is 0 Å². The Labute approximate surface area is 68.1 Å². The lowest BCUT2D eigenvalue weighted by Crippen LogP contribution is -2.34. The summed E-state index contributed by atoms with van der Waals surface area (Å²) in [6.07, 6.45) is 3.10. The minimum absolute atomic E-state index is 0.277. The van der Waals surface area contributed by atoms with Crippen LogP contribution in [-0.4, -0.2) is 25.0 Å². The number of amidine groups is 1. The Morgan fingerprint density at radius 1 is 1.73 bits per heavy atom. The number of nitrogens with zero attached hydrogens (tertiary/aromatic N) is 1. The summed E-state index contributed by atoms with van der Waals surface area (Å²) >= 11 is 0. The molecule has 64 valence electrons. The number of nitrogens with one attached hydrogen (secondary N) is 1. The number of aliphatic imine (C=N–C) groups is 1. The smallest absolute Gasteiger partial charge is 0.0978 e. The van der Waals surface area contributed by atoms with Gasteiger partial charge < -0.3 is 11.1 Å². The highest BCUT2D eigenvalue weighted by atomic mass is 15.0. The van der Waals surface area contributed by atoms with Crippen molar-refractivity contribution in [2.24, 2.45) is 10.7 Å². The molecule has 3 N–H and O–H groups in total. The van der Waals surface area contributed by atoms with Crippen LogP contribution in [0, 0.1) is 0 Å². The van der Waals surface area contributed by atoms with Crippen molar-refractivity contribution in [1.82, 2.24) is 5.32 Å². The summed E-state index contributed by atoms with van der Waals surface area (Å²) in [5.41, 5.74) is 5.78. The SMILES string of the molecule is CCC(N)CC1=NCCCN1. The molecule has 1 aliphatic heterocycles. The first kappa shape index (κ1) is 8.53.